The van der Waals surface area contributed by atoms with Crippen LogP contribution in [-0.2, 0) is 16.2 Å². The van der Waals surface area contributed by atoms with Gasteiger partial charge < -0.3 is 10.5 Å². The summed E-state index contributed by atoms with van der Waals surface area (Å²) in [5.74, 6) is -3.62. The van der Waals surface area contributed by atoms with Gasteiger partial charge in [0.1, 0.15) is 29.2 Å². The van der Waals surface area contributed by atoms with Gasteiger partial charge in [-0.1, -0.05) is 29.3 Å². The number of nitrogens with one attached hydrogen (secondary N) is 1. The number of nitrogen functional groups attached to an aromatic ring is 1. The molecule has 0 aliphatic heterocycles. The summed E-state index contributed by atoms with van der Waals surface area (Å²) in [6.45, 7) is 0. The maximum Gasteiger partial charge on any atom is 0.416 e. The minimum absolute atomic E-state index is 0.170. The molecule has 23 heteroatoms. The Bertz CT molecular complexity index is 2010. The molecule has 0 aliphatic rings. The molecular formula is C22H13Cl2F6N9O5S. The van der Waals surface area contributed by atoms with Crippen molar-refractivity contribution in [3.63, 3.8) is 0 Å². The Balaban J connectivity index is 0.000000207. The monoisotopic (exact) mass is 699 g/mol. The van der Waals surface area contributed by atoms with Crippen LogP contribution in [0.15, 0.2) is 47.9 Å². The highest BCUT2D eigenvalue weighted by atomic mass is 35.5. The second-order valence-corrected chi connectivity index (χ2v) is 10.7. The number of halogens is 8. The quantitative estimate of drug-likeness (QED) is 0.138. The summed E-state index contributed by atoms with van der Waals surface area (Å²) in [5, 5.41) is 16.2. The summed E-state index contributed by atoms with van der Waals surface area (Å²) in [7, 11) is -3.37. The minimum atomic E-state index is -4.63. The van der Waals surface area contributed by atoms with E-state index in [1.54, 1.807) is 4.72 Å². The number of nitrogens with two attached hydrogens (primary N) is 1. The van der Waals surface area contributed by atoms with Crippen molar-refractivity contribution in [1.29, 1.82) is 0 Å². The van der Waals surface area contributed by atoms with Gasteiger partial charge in [-0.25, -0.2) is 22.8 Å². The number of para-hydroxylation sites is 1. The van der Waals surface area contributed by atoms with E-state index in [-0.39, 0.29) is 21.7 Å². The minimum Gasteiger partial charge on any atom is -0.467 e. The van der Waals surface area contributed by atoms with Gasteiger partial charge in [-0.05, 0) is 24.3 Å². The average Bonchev–Trinajstić information content (AvgIpc) is 3.57. The van der Waals surface area contributed by atoms with Crippen molar-refractivity contribution in [1.82, 2.24) is 29.4 Å². The second kappa shape index (κ2) is 12.2. The Morgan fingerprint density at radius 2 is 1.67 bits per heavy atom. The number of aromatic nitrogens is 6. The molecule has 2 aromatic carbocycles. The van der Waals surface area contributed by atoms with Crippen molar-refractivity contribution in [2.24, 2.45) is 0 Å². The van der Waals surface area contributed by atoms with E-state index >= 15 is 0 Å². The number of benzene rings is 2. The van der Waals surface area contributed by atoms with Gasteiger partial charge in [0.2, 0.25) is 5.82 Å². The molecule has 0 atom stereocenters. The van der Waals surface area contributed by atoms with Crippen LogP contribution >= 0.6 is 23.2 Å². The largest absolute Gasteiger partial charge is 0.467 e. The van der Waals surface area contributed by atoms with Gasteiger partial charge in [0.25, 0.3) is 15.2 Å². The molecule has 0 saturated carbocycles. The van der Waals surface area contributed by atoms with Gasteiger partial charge in [0, 0.05) is 0 Å². The highest BCUT2D eigenvalue weighted by Crippen LogP contribution is 2.39. The van der Waals surface area contributed by atoms with E-state index in [0.29, 0.717) is 16.6 Å². The van der Waals surface area contributed by atoms with Crippen molar-refractivity contribution < 1.29 is 44.4 Å². The lowest BCUT2D eigenvalue weighted by molar-refractivity contribution is -0.383. The summed E-state index contributed by atoms with van der Waals surface area (Å²) in [6, 6.07) is 3.84. The molecule has 3 aromatic heterocycles. The maximum absolute atomic E-state index is 13.7. The number of nitro groups is 1. The lowest BCUT2D eigenvalue weighted by Gasteiger charge is -2.12. The fraction of sp³-hybridized carbons (Fsp3) is 0.0909. The Labute approximate surface area is 256 Å². The number of sulfonamides is 1. The Morgan fingerprint density at radius 3 is 2.18 bits per heavy atom. The predicted octanol–water partition coefficient (Wildman–Crippen LogP) is 5.04. The first-order valence-corrected chi connectivity index (χ1v) is 13.7. The first-order chi connectivity index (χ1) is 21.0. The third-order valence-corrected chi connectivity index (χ3v) is 7.13. The van der Waals surface area contributed by atoms with Crippen molar-refractivity contribution >= 4 is 56.1 Å². The SMILES string of the molecule is COc1ncc(F)c2nc(S(=O)(=O)Nc3c(F)cccc3F)nn12.Nc1c([N+](=O)[O-])cnn1-c1c(Cl)cc(C(F)(F)F)cc1Cl. The van der Waals surface area contributed by atoms with Crippen LogP contribution < -0.4 is 15.2 Å². The number of anilines is 2. The lowest BCUT2D eigenvalue weighted by atomic mass is 10.2. The van der Waals surface area contributed by atoms with E-state index in [9.17, 15) is 44.9 Å². The molecule has 0 amide bonds. The van der Waals surface area contributed by atoms with Crippen LogP contribution in [0.3, 0.4) is 0 Å². The first kappa shape index (κ1) is 33.0. The number of hydrogen-bond acceptors (Lipinski definition) is 10. The summed E-state index contributed by atoms with van der Waals surface area (Å²) in [6.07, 6.45) is -3.02. The third-order valence-electron chi connectivity index (χ3n) is 5.43. The van der Waals surface area contributed by atoms with E-state index in [0.717, 1.165) is 35.3 Å². The molecule has 0 fully saturated rings. The molecule has 14 nitrogen and oxygen atoms in total. The van der Waals surface area contributed by atoms with Crippen LogP contribution in [0.25, 0.3) is 11.3 Å². The Kier molecular flexibility index (Phi) is 8.98. The topological polar surface area (TPSA) is 185 Å². The zero-order valence-electron chi connectivity index (χ0n) is 21.7. The molecular weight excluding hydrogens is 687 g/mol. The fourth-order valence-corrected chi connectivity index (χ4v) is 5.03. The van der Waals surface area contributed by atoms with Crippen molar-refractivity contribution in [3.8, 4) is 11.7 Å². The molecule has 0 aliphatic carbocycles. The smallest absolute Gasteiger partial charge is 0.416 e. The third kappa shape index (κ3) is 6.63. The molecule has 0 bridgehead atoms. The van der Waals surface area contributed by atoms with Gasteiger partial charge in [0.05, 0.1) is 33.8 Å². The van der Waals surface area contributed by atoms with Gasteiger partial charge in [-0.15, -0.1) is 5.10 Å². The van der Waals surface area contributed by atoms with E-state index in [4.69, 9.17) is 33.7 Å². The molecule has 45 heavy (non-hydrogen) atoms. The van der Waals surface area contributed by atoms with Crippen LogP contribution in [-0.4, -0.2) is 49.8 Å². The fourth-order valence-electron chi connectivity index (χ4n) is 3.43. The summed E-state index contributed by atoms with van der Waals surface area (Å²) in [4.78, 5) is 17.0. The van der Waals surface area contributed by atoms with Crippen LogP contribution in [0.5, 0.6) is 6.01 Å². The standard InChI is InChI=1S/C12H8F3N5O3S.C10H5Cl2F3N4O2/c1-23-12-16-5-8(15)10-17-11(18-20(10)12)24(21,22)19-9-6(13)3-2-4-7(9)14;11-5-1-4(10(13,14)15)2-6(12)8(5)18-9(16)7(3-17-18)19(20)21/h2-5,19H,1H3;1-3H,16H2. The van der Waals surface area contributed by atoms with Crippen LogP contribution in [0.1, 0.15) is 5.56 Å². The van der Waals surface area contributed by atoms with Gasteiger partial charge >= 0.3 is 17.9 Å². The predicted molar refractivity (Wildman–Crippen MR) is 144 cm³/mol. The van der Waals surface area contributed by atoms with Gasteiger partial charge in [-0.2, -0.15) is 36.2 Å². The number of ether oxygens (including phenoxy) is 1. The number of fused-ring (bicyclic) bond motifs is 1. The number of nitrogens with zero attached hydrogens (tertiary/aromatic N) is 7. The number of methoxy groups -OCH3 is 1. The Morgan fingerprint density at radius 1 is 1.07 bits per heavy atom. The van der Waals surface area contributed by atoms with E-state index in [1.807, 2.05) is 0 Å². The highest BCUT2D eigenvalue weighted by Gasteiger charge is 2.33. The first-order valence-electron chi connectivity index (χ1n) is 11.4. The zero-order valence-corrected chi connectivity index (χ0v) is 24.1. The van der Waals surface area contributed by atoms with Gasteiger partial charge in [0.15, 0.2) is 11.5 Å². The lowest BCUT2D eigenvalue weighted by Crippen LogP contribution is -2.16. The summed E-state index contributed by atoms with van der Waals surface area (Å²) in [5.41, 5.74) is 2.40. The van der Waals surface area contributed by atoms with E-state index in [2.05, 4.69) is 20.2 Å². The van der Waals surface area contributed by atoms with Crippen molar-refractivity contribution in [2.45, 2.75) is 11.3 Å². The number of hydrogen-bond donors (Lipinski definition) is 2. The van der Waals surface area contributed by atoms with E-state index in [1.165, 1.54) is 7.11 Å². The molecule has 238 valence electrons. The maximum atomic E-state index is 13.7. The van der Waals surface area contributed by atoms with Gasteiger partial charge in [-0.3, -0.25) is 14.8 Å². The van der Waals surface area contributed by atoms with E-state index < -0.39 is 72.1 Å². The summed E-state index contributed by atoms with van der Waals surface area (Å²) >= 11 is 11.5. The summed E-state index contributed by atoms with van der Waals surface area (Å²) < 4.78 is 111. The number of alkyl halides is 3. The van der Waals surface area contributed by atoms with Crippen LogP contribution in [0.4, 0.5) is 43.5 Å². The normalized spacial score (nSPS) is 11.7. The molecule has 0 saturated heterocycles. The zero-order chi connectivity index (χ0) is 33.4. The van der Waals surface area contributed by atoms with Crippen LogP contribution in [0, 0.1) is 27.6 Å². The molecule has 3 N–H and O–H groups in total. The molecule has 3 heterocycles. The van der Waals surface area contributed by atoms with Crippen LogP contribution in [0.2, 0.25) is 10.0 Å². The molecule has 5 aromatic rings. The van der Waals surface area contributed by atoms with Crippen molar-refractivity contribution in [3.05, 3.63) is 85.9 Å². The Hall–Kier alpha value is -4.89. The van der Waals surface area contributed by atoms with Crippen molar-refractivity contribution in [2.75, 3.05) is 17.6 Å². The molecule has 0 spiro atoms. The molecule has 0 radical (unpaired) electrons. The molecule has 0 unspecified atom stereocenters. The highest BCUT2D eigenvalue weighted by molar-refractivity contribution is 7.92. The average molecular weight is 700 g/mol. The second-order valence-electron chi connectivity index (χ2n) is 8.30. The number of rotatable bonds is 6. The molecule has 5 rings (SSSR count).